The van der Waals surface area contributed by atoms with E-state index in [1.165, 1.54) is 0 Å². The fourth-order valence-electron chi connectivity index (χ4n) is 3.02. The van der Waals surface area contributed by atoms with E-state index in [0.717, 1.165) is 25.7 Å². The van der Waals surface area contributed by atoms with Crippen LogP contribution in [0.5, 0.6) is 0 Å². The molecular weight excluding hydrogens is 288 g/mol. The van der Waals surface area contributed by atoms with E-state index in [2.05, 4.69) is 18.9 Å². The summed E-state index contributed by atoms with van der Waals surface area (Å²) in [6, 6.07) is 0.0883. The van der Waals surface area contributed by atoms with Gasteiger partial charge in [-0.05, 0) is 44.9 Å². The van der Waals surface area contributed by atoms with Gasteiger partial charge >= 0.3 is 0 Å². The Hall–Kier alpha value is -0.870. The lowest BCUT2D eigenvalue weighted by atomic mass is 9.69. The molecule has 0 radical (unpaired) electrons. The fourth-order valence-corrected chi connectivity index (χ4v) is 3.23. The third-order valence-corrected chi connectivity index (χ3v) is 4.95. The molecule has 5 heteroatoms. The maximum atomic E-state index is 13.1. The van der Waals surface area contributed by atoms with Crippen molar-refractivity contribution in [2.75, 3.05) is 7.11 Å². The van der Waals surface area contributed by atoms with Crippen LogP contribution >= 0.6 is 11.6 Å². The predicted octanol–water partition coefficient (Wildman–Crippen LogP) is 4.29. The van der Waals surface area contributed by atoms with Crippen molar-refractivity contribution in [1.82, 2.24) is 9.78 Å². The topological polar surface area (TPSA) is 44.1 Å². The summed E-state index contributed by atoms with van der Waals surface area (Å²) in [5, 5.41) is 4.65. The number of carbonyl (C=O) groups excluding carboxylic acids is 1. The van der Waals surface area contributed by atoms with Crippen LogP contribution in [-0.4, -0.2) is 28.3 Å². The van der Waals surface area contributed by atoms with Gasteiger partial charge in [-0.3, -0.25) is 9.48 Å². The summed E-state index contributed by atoms with van der Waals surface area (Å²) in [6.07, 6.45) is 4.95. The molecule has 4 nitrogen and oxygen atoms in total. The summed E-state index contributed by atoms with van der Waals surface area (Å²) < 4.78 is 7.40. The molecule has 0 saturated heterocycles. The molecule has 1 heterocycles. The quantitative estimate of drug-likeness (QED) is 0.779. The van der Waals surface area contributed by atoms with Crippen molar-refractivity contribution in [2.24, 2.45) is 5.41 Å². The van der Waals surface area contributed by atoms with E-state index in [9.17, 15) is 4.79 Å². The average molecular weight is 313 g/mol. The molecule has 1 aromatic rings. The molecule has 0 spiro atoms. The summed E-state index contributed by atoms with van der Waals surface area (Å²) in [4.78, 5) is 13.1. The van der Waals surface area contributed by atoms with Crippen LogP contribution in [0.2, 0.25) is 5.02 Å². The Kier molecular flexibility index (Phi) is 4.50. The van der Waals surface area contributed by atoms with Crippen molar-refractivity contribution in [3.8, 4) is 0 Å². The number of aromatic nitrogens is 2. The van der Waals surface area contributed by atoms with Gasteiger partial charge in [0.05, 0.1) is 11.2 Å². The predicted molar refractivity (Wildman–Crippen MR) is 83.9 cm³/mol. The number of ketones is 1. The van der Waals surface area contributed by atoms with E-state index in [0.29, 0.717) is 10.7 Å². The van der Waals surface area contributed by atoms with Gasteiger partial charge in [0.25, 0.3) is 0 Å². The number of Topliss-reactive ketones (excluding diaryl/α,β-unsaturated/α-hetero) is 1. The monoisotopic (exact) mass is 312 g/mol. The van der Waals surface area contributed by atoms with Crippen molar-refractivity contribution in [2.45, 2.75) is 65.0 Å². The highest BCUT2D eigenvalue weighted by Gasteiger charge is 2.46. The Morgan fingerprint density at radius 2 is 1.90 bits per heavy atom. The number of hydrogen-bond acceptors (Lipinski definition) is 3. The highest BCUT2D eigenvalue weighted by atomic mass is 35.5. The maximum Gasteiger partial charge on any atom is 0.214 e. The molecule has 0 aliphatic heterocycles. The Labute approximate surface area is 131 Å². The van der Waals surface area contributed by atoms with Gasteiger partial charge in [-0.1, -0.05) is 25.4 Å². The molecule has 21 heavy (non-hydrogen) atoms. The molecule has 1 saturated carbocycles. The molecular formula is C16H25ClN2O2. The third-order valence-electron chi connectivity index (χ3n) is 4.67. The summed E-state index contributed by atoms with van der Waals surface area (Å²) >= 11 is 6.22. The Morgan fingerprint density at radius 3 is 2.38 bits per heavy atom. The van der Waals surface area contributed by atoms with Crippen molar-refractivity contribution in [3.05, 3.63) is 16.9 Å². The molecule has 0 amide bonds. The maximum absolute atomic E-state index is 13.1. The number of ether oxygens (including phenoxy) is 1. The van der Waals surface area contributed by atoms with Gasteiger partial charge < -0.3 is 4.74 Å². The van der Waals surface area contributed by atoms with Gasteiger partial charge in [-0.25, -0.2) is 0 Å². The van der Waals surface area contributed by atoms with Gasteiger partial charge in [0.2, 0.25) is 5.78 Å². The first-order chi connectivity index (χ1) is 9.72. The van der Waals surface area contributed by atoms with E-state index >= 15 is 0 Å². The fraction of sp³-hybridized carbons (Fsp3) is 0.750. The second-order valence-electron chi connectivity index (χ2n) is 7.07. The summed E-state index contributed by atoms with van der Waals surface area (Å²) in [7, 11) is 1.63. The molecule has 118 valence electrons. The van der Waals surface area contributed by atoms with Gasteiger partial charge in [0.15, 0.2) is 0 Å². The van der Waals surface area contributed by atoms with E-state index in [-0.39, 0.29) is 17.2 Å². The molecule has 1 aliphatic rings. The van der Waals surface area contributed by atoms with Crippen LogP contribution in [0.3, 0.4) is 0 Å². The van der Waals surface area contributed by atoms with Crippen LogP contribution in [-0.2, 0) is 4.74 Å². The van der Waals surface area contributed by atoms with Gasteiger partial charge in [0, 0.05) is 13.2 Å². The lowest BCUT2D eigenvalue weighted by Gasteiger charge is -2.41. The van der Waals surface area contributed by atoms with Crippen LogP contribution in [0.25, 0.3) is 0 Å². The summed E-state index contributed by atoms with van der Waals surface area (Å²) in [5.74, 6) is -0.0308. The van der Waals surface area contributed by atoms with Crippen LogP contribution in [0.1, 0.15) is 69.9 Å². The highest BCUT2D eigenvalue weighted by Crippen LogP contribution is 2.43. The zero-order valence-electron chi connectivity index (χ0n) is 13.6. The van der Waals surface area contributed by atoms with Crippen LogP contribution in [0.4, 0.5) is 0 Å². The van der Waals surface area contributed by atoms with E-state index < -0.39 is 5.60 Å². The van der Waals surface area contributed by atoms with Gasteiger partial charge in [0.1, 0.15) is 11.3 Å². The van der Waals surface area contributed by atoms with Crippen molar-refractivity contribution < 1.29 is 9.53 Å². The number of carbonyl (C=O) groups is 1. The zero-order chi connectivity index (χ0) is 15.8. The molecule has 1 fully saturated rings. The van der Waals surface area contributed by atoms with E-state index in [1.807, 2.05) is 13.8 Å². The minimum absolute atomic E-state index is 0.0308. The normalized spacial score (nSPS) is 20.7. The Morgan fingerprint density at radius 1 is 1.33 bits per heavy atom. The third kappa shape index (κ3) is 3.02. The zero-order valence-corrected chi connectivity index (χ0v) is 14.3. The molecule has 1 aromatic heterocycles. The van der Waals surface area contributed by atoms with Crippen LogP contribution in [0, 0.1) is 5.41 Å². The number of hydrogen-bond donors (Lipinski definition) is 0. The molecule has 0 unspecified atom stereocenters. The highest BCUT2D eigenvalue weighted by molar-refractivity contribution is 6.34. The van der Waals surface area contributed by atoms with Crippen molar-refractivity contribution in [3.63, 3.8) is 0 Å². The first-order valence-electron chi connectivity index (χ1n) is 7.55. The van der Waals surface area contributed by atoms with Gasteiger partial charge in [-0.15, -0.1) is 0 Å². The summed E-state index contributed by atoms with van der Waals surface area (Å²) in [5.41, 5.74) is -0.0100. The van der Waals surface area contributed by atoms with Crippen LogP contribution in [0.15, 0.2) is 6.20 Å². The lowest BCUT2D eigenvalue weighted by Crippen LogP contribution is -2.46. The van der Waals surface area contributed by atoms with E-state index in [4.69, 9.17) is 16.3 Å². The van der Waals surface area contributed by atoms with E-state index in [1.54, 1.807) is 18.0 Å². The molecule has 0 aromatic carbocycles. The van der Waals surface area contributed by atoms with Crippen molar-refractivity contribution in [1.29, 1.82) is 0 Å². The van der Waals surface area contributed by atoms with Gasteiger partial charge in [-0.2, -0.15) is 5.10 Å². The van der Waals surface area contributed by atoms with Crippen LogP contribution < -0.4 is 0 Å². The van der Waals surface area contributed by atoms with Crippen molar-refractivity contribution >= 4 is 17.4 Å². The largest absolute Gasteiger partial charge is 0.370 e. The number of methoxy groups -OCH3 is 1. The number of rotatable bonds is 4. The molecule has 2 rings (SSSR count). The number of nitrogens with zero attached hydrogens (tertiary/aromatic N) is 2. The summed E-state index contributed by atoms with van der Waals surface area (Å²) in [6.45, 7) is 8.46. The lowest BCUT2D eigenvalue weighted by molar-refractivity contribution is -0.0389. The smallest absolute Gasteiger partial charge is 0.214 e. The SMILES string of the molecule is COC1(C(=O)c2c(Cl)cnn2C(C)C)CCC(C)(C)CC1. The second kappa shape index (κ2) is 5.73. The minimum Gasteiger partial charge on any atom is -0.370 e. The number of halogens is 1. The standard InChI is InChI=1S/C16H25ClN2O2/c1-11(2)19-13(12(17)10-18-19)14(20)16(21-5)8-6-15(3,4)7-9-16/h10-11H,6-9H2,1-5H3. The molecule has 0 N–H and O–H groups in total. The first kappa shape index (κ1) is 16.5. The minimum atomic E-state index is -0.758. The second-order valence-corrected chi connectivity index (χ2v) is 7.48. The average Bonchev–Trinajstić information content (AvgIpc) is 2.81. The molecule has 0 bridgehead atoms. The Bertz CT molecular complexity index is 524. The molecule has 0 atom stereocenters. The first-order valence-corrected chi connectivity index (χ1v) is 7.93. The Balaban J connectivity index is 2.36. The molecule has 1 aliphatic carbocycles.